The van der Waals surface area contributed by atoms with Crippen LogP contribution in [-0.4, -0.2) is 18.0 Å². The molecule has 0 amide bonds. The predicted octanol–water partition coefficient (Wildman–Crippen LogP) is 3.27. The van der Waals surface area contributed by atoms with Crippen molar-refractivity contribution in [1.29, 1.82) is 0 Å². The summed E-state index contributed by atoms with van der Waals surface area (Å²) in [4.78, 5) is 3.83. The van der Waals surface area contributed by atoms with Crippen LogP contribution >= 0.6 is 11.3 Å². The SMILES string of the molecule is CCN(Cc1cccs1)C(CN)c1ccccc1. The largest absolute Gasteiger partial charge is 0.329 e. The molecule has 0 saturated heterocycles. The number of rotatable bonds is 6. The Bertz CT molecular complexity index is 439. The van der Waals surface area contributed by atoms with Crippen LogP contribution < -0.4 is 5.73 Å². The molecule has 3 heteroatoms. The fourth-order valence-electron chi connectivity index (χ4n) is 2.22. The number of benzene rings is 1. The van der Waals surface area contributed by atoms with Gasteiger partial charge in [-0.05, 0) is 23.6 Å². The highest BCUT2D eigenvalue weighted by molar-refractivity contribution is 7.09. The highest BCUT2D eigenvalue weighted by Gasteiger charge is 2.17. The molecule has 96 valence electrons. The molecule has 0 aliphatic heterocycles. The molecule has 0 bridgehead atoms. The highest BCUT2D eigenvalue weighted by Crippen LogP contribution is 2.22. The second-order valence-electron chi connectivity index (χ2n) is 4.30. The number of likely N-dealkylation sites (N-methyl/N-ethyl adjacent to an activating group) is 1. The maximum absolute atomic E-state index is 5.97. The number of hydrogen-bond donors (Lipinski definition) is 1. The molecule has 0 spiro atoms. The predicted molar refractivity (Wildman–Crippen MR) is 78.6 cm³/mol. The minimum Gasteiger partial charge on any atom is -0.329 e. The zero-order valence-corrected chi connectivity index (χ0v) is 11.6. The van der Waals surface area contributed by atoms with E-state index in [1.807, 2.05) is 17.4 Å². The van der Waals surface area contributed by atoms with Crippen molar-refractivity contribution in [2.24, 2.45) is 5.73 Å². The summed E-state index contributed by atoms with van der Waals surface area (Å²) in [5, 5.41) is 2.13. The van der Waals surface area contributed by atoms with Gasteiger partial charge in [0.25, 0.3) is 0 Å². The third-order valence-corrected chi connectivity index (χ3v) is 4.05. The first kappa shape index (κ1) is 13.3. The van der Waals surface area contributed by atoms with Crippen molar-refractivity contribution in [3.8, 4) is 0 Å². The summed E-state index contributed by atoms with van der Waals surface area (Å²) in [6, 6.07) is 15.1. The molecule has 2 nitrogen and oxygen atoms in total. The molecule has 0 aliphatic carbocycles. The average Bonchev–Trinajstić information content (AvgIpc) is 2.92. The van der Waals surface area contributed by atoms with Crippen molar-refractivity contribution in [2.45, 2.75) is 19.5 Å². The first-order valence-corrected chi connectivity index (χ1v) is 7.24. The molecule has 1 aromatic carbocycles. The molecule has 1 heterocycles. The van der Waals surface area contributed by atoms with E-state index in [1.54, 1.807) is 0 Å². The molecule has 1 unspecified atom stereocenters. The topological polar surface area (TPSA) is 29.3 Å². The lowest BCUT2D eigenvalue weighted by molar-refractivity contribution is 0.205. The lowest BCUT2D eigenvalue weighted by Gasteiger charge is -2.29. The van der Waals surface area contributed by atoms with Crippen molar-refractivity contribution >= 4 is 11.3 Å². The van der Waals surface area contributed by atoms with Gasteiger partial charge in [-0.2, -0.15) is 0 Å². The van der Waals surface area contributed by atoms with E-state index in [2.05, 4.69) is 53.6 Å². The molecule has 18 heavy (non-hydrogen) atoms. The van der Waals surface area contributed by atoms with Crippen LogP contribution in [0.25, 0.3) is 0 Å². The van der Waals surface area contributed by atoms with Gasteiger partial charge in [0.05, 0.1) is 0 Å². The van der Waals surface area contributed by atoms with Gasteiger partial charge in [0, 0.05) is 24.0 Å². The van der Waals surface area contributed by atoms with Crippen molar-refractivity contribution in [3.63, 3.8) is 0 Å². The molecule has 0 aliphatic rings. The molecule has 2 rings (SSSR count). The quantitative estimate of drug-likeness (QED) is 0.863. The number of nitrogens with two attached hydrogens (primary N) is 1. The molecular weight excluding hydrogens is 240 g/mol. The molecule has 1 aromatic heterocycles. The maximum atomic E-state index is 5.97. The molecule has 1 atom stereocenters. The second-order valence-corrected chi connectivity index (χ2v) is 5.34. The van der Waals surface area contributed by atoms with Gasteiger partial charge in [-0.3, -0.25) is 4.90 Å². The number of thiophene rings is 1. The van der Waals surface area contributed by atoms with Crippen LogP contribution in [0.3, 0.4) is 0 Å². The normalized spacial score (nSPS) is 12.8. The molecular formula is C15H20N2S. The molecule has 0 saturated carbocycles. The monoisotopic (exact) mass is 260 g/mol. The zero-order valence-electron chi connectivity index (χ0n) is 10.8. The van der Waals surface area contributed by atoms with Gasteiger partial charge in [0.15, 0.2) is 0 Å². The van der Waals surface area contributed by atoms with E-state index in [9.17, 15) is 0 Å². The minimum absolute atomic E-state index is 0.304. The summed E-state index contributed by atoms with van der Waals surface area (Å²) in [7, 11) is 0. The van der Waals surface area contributed by atoms with Gasteiger partial charge in [-0.25, -0.2) is 0 Å². The Morgan fingerprint density at radius 1 is 1.17 bits per heavy atom. The van der Waals surface area contributed by atoms with Crippen LogP contribution in [0.2, 0.25) is 0 Å². The standard InChI is InChI=1S/C15H20N2S/c1-2-17(12-14-9-6-10-18-14)15(11-16)13-7-4-3-5-8-13/h3-10,15H,2,11-12,16H2,1H3. The summed E-state index contributed by atoms with van der Waals surface area (Å²) in [5.41, 5.74) is 7.28. The van der Waals surface area contributed by atoms with E-state index in [-0.39, 0.29) is 0 Å². The first-order valence-electron chi connectivity index (χ1n) is 6.36. The lowest BCUT2D eigenvalue weighted by Crippen LogP contribution is -2.33. The van der Waals surface area contributed by atoms with Gasteiger partial charge in [0.2, 0.25) is 0 Å². The Morgan fingerprint density at radius 2 is 1.94 bits per heavy atom. The van der Waals surface area contributed by atoms with Gasteiger partial charge < -0.3 is 5.73 Å². The summed E-state index contributed by atoms with van der Waals surface area (Å²) in [6.07, 6.45) is 0. The van der Waals surface area contributed by atoms with Gasteiger partial charge in [-0.1, -0.05) is 43.3 Å². The van der Waals surface area contributed by atoms with Crippen LogP contribution in [-0.2, 0) is 6.54 Å². The van der Waals surface area contributed by atoms with Gasteiger partial charge in [-0.15, -0.1) is 11.3 Å². The van der Waals surface area contributed by atoms with E-state index in [0.717, 1.165) is 13.1 Å². The van der Waals surface area contributed by atoms with E-state index in [0.29, 0.717) is 12.6 Å². The van der Waals surface area contributed by atoms with Crippen molar-refractivity contribution in [3.05, 3.63) is 58.3 Å². The fraction of sp³-hybridized carbons (Fsp3) is 0.333. The minimum atomic E-state index is 0.304. The molecule has 0 radical (unpaired) electrons. The number of nitrogens with zero attached hydrogens (tertiary/aromatic N) is 1. The summed E-state index contributed by atoms with van der Waals surface area (Å²) in [5.74, 6) is 0. The van der Waals surface area contributed by atoms with Crippen LogP contribution in [0.1, 0.15) is 23.4 Å². The molecule has 0 fully saturated rings. The first-order chi connectivity index (χ1) is 8.85. The van der Waals surface area contributed by atoms with E-state index < -0.39 is 0 Å². The van der Waals surface area contributed by atoms with Crippen molar-refractivity contribution in [2.75, 3.05) is 13.1 Å². The van der Waals surface area contributed by atoms with E-state index in [1.165, 1.54) is 10.4 Å². The third kappa shape index (κ3) is 3.19. The third-order valence-electron chi connectivity index (χ3n) is 3.19. The summed E-state index contributed by atoms with van der Waals surface area (Å²) in [6.45, 7) is 4.84. The molecule has 2 N–H and O–H groups in total. The average molecular weight is 260 g/mol. The van der Waals surface area contributed by atoms with Crippen LogP contribution in [0.4, 0.5) is 0 Å². The number of hydrogen-bond acceptors (Lipinski definition) is 3. The zero-order chi connectivity index (χ0) is 12.8. The fourth-order valence-corrected chi connectivity index (χ4v) is 2.95. The summed E-state index contributed by atoms with van der Waals surface area (Å²) < 4.78 is 0. The van der Waals surface area contributed by atoms with Crippen LogP contribution in [0, 0.1) is 0 Å². The smallest absolute Gasteiger partial charge is 0.0474 e. The van der Waals surface area contributed by atoms with Gasteiger partial charge >= 0.3 is 0 Å². The van der Waals surface area contributed by atoms with E-state index in [4.69, 9.17) is 5.73 Å². The molecule has 2 aromatic rings. The van der Waals surface area contributed by atoms with Crippen LogP contribution in [0.5, 0.6) is 0 Å². The Labute approximate surface area is 113 Å². The highest BCUT2D eigenvalue weighted by atomic mass is 32.1. The Balaban J connectivity index is 2.14. The lowest BCUT2D eigenvalue weighted by atomic mass is 10.1. The van der Waals surface area contributed by atoms with Crippen molar-refractivity contribution < 1.29 is 0 Å². The summed E-state index contributed by atoms with van der Waals surface area (Å²) >= 11 is 1.81. The van der Waals surface area contributed by atoms with Crippen LogP contribution in [0.15, 0.2) is 47.8 Å². The maximum Gasteiger partial charge on any atom is 0.0474 e. The van der Waals surface area contributed by atoms with E-state index >= 15 is 0 Å². The Hall–Kier alpha value is -1.16. The van der Waals surface area contributed by atoms with Crippen molar-refractivity contribution in [1.82, 2.24) is 4.90 Å². The second kappa shape index (κ2) is 6.69. The Morgan fingerprint density at radius 3 is 2.50 bits per heavy atom. The van der Waals surface area contributed by atoms with Gasteiger partial charge in [0.1, 0.15) is 0 Å². The Kier molecular flexibility index (Phi) is 4.93.